The number of hydrogen-bond acceptors (Lipinski definition) is 5. The van der Waals surface area contributed by atoms with Crippen LogP contribution < -0.4 is 0 Å². The molecule has 0 spiro atoms. The molecular formula is C26H30Cl2N2O5S. The molecule has 2 fully saturated rings. The first kappa shape index (κ1) is 26.9. The van der Waals surface area contributed by atoms with Gasteiger partial charge >= 0.3 is 5.97 Å². The van der Waals surface area contributed by atoms with E-state index in [1.165, 1.54) is 6.20 Å². The molecule has 1 amide bonds. The Bertz CT molecular complexity index is 1250. The van der Waals surface area contributed by atoms with Crippen LogP contribution in [0.1, 0.15) is 69.0 Å². The molecule has 4 unspecified atom stereocenters. The largest absolute Gasteiger partial charge is 0.481 e. The number of aliphatic carboxylic acids is 1. The van der Waals surface area contributed by atoms with Crippen LogP contribution >= 0.6 is 23.2 Å². The van der Waals surface area contributed by atoms with Crippen molar-refractivity contribution >= 4 is 44.9 Å². The minimum Gasteiger partial charge on any atom is -0.481 e. The number of aromatic nitrogens is 1. The molecule has 2 aromatic rings. The molecule has 2 aliphatic rings. The Hall–Kier alpha value is -2.16. The third-order valence-corrected chi connectivity index (χ3v) is 10.1. The molecule has 1 N–H and O–H groups in total. The van der Waals surface area contributed by atoms with E-state index in [-0.39, 0.29) is 42.1 Å². The molecule has 0 bridgehead atoms. The summed E-state index contributed by atoms with van der Waals surface area (Å²) in [5.41, 5.74) is 0.423. The fourth-order valence-corrected chi connectivity index (χ4v) is 7.49. The second-order valence-corrected chi connectivity index (χ2v) is 13.6. The number of pyridine rings is 1. The number of benzene rings is 1. The molecule has 7 nitrogen and oxygen atoms in total. The second-order valence-electron chi connectivity index (χ2n) is 10.3. The van der Waals surface area contributed by atoms with Crippen molar-refractivity contribution in [1.29, 1.82) is 0 Å². The maximum absolute atomic E-state index is 14.0. The van der Waals surface area contributed by atoms with E-state index in [4.69, 9.17) is 23.2 Å². The zero-order valence-electron chi connectivity index (χ0n) is 20.2. The van der Waals surface area contributed by atoms with Crippen LogP contribution in [0.25, 0.3) is 0 Å². The number of nitrogens with zero attached hydrogens (tertiary/aromatic N) is 2. The Morgan fingerprint density at radius 2 is 1.83 bits per heavy atom. The molecule has 1 aliphatic carbocycles. The van der Waals surface area contributed by atoms with E-state index in [9.17, 15) is 23.1 Å². The van der Waals surface area contributed by atoms with Crippen LogP contribution in [0.2, 0.25) is 10.0 Å². The van der Waals surface area contributed by atoms with Gasteiger partial charge in [-0.1, -0.05) is 42.3 Å². The van der Waals surface area contributed by atoms with Gasteiger partial charge in [0.2, 0.25) is 5.91 Å². The van der Waals surface area contributed by atoms with E-state index in [0.717, 1.165) is 11.1 Å². The van der Waals surface area contributed by atoms with Crippen molar-refractivity contribution < 1.29 is 23.1 Å². The van der Waals surface area contributed by atoms with E-state index in [2.05, 4.69) is 4.98 Å². The lowest BCUT2D eigenvalue weighted by Gasteiger charge is -2.51. The number of carbonyl (C=O) groups is 2. The molecule has 4 rings (SSSR count). The number of carboxylic acid groups (broad SMARTS) is 1. The molecule has 0 radical (unpaired) electrons. The third kappa shape index (κ3) is 5.71. The zero-order valence-corrected chi connectivity index (χ0v) is 22.6. The minimum absolute atomic E-state index is 0.0189. The Labute approximate surface area is 221 Å². The number of rotatable bonds is 9. The van der Waals surface area contributed by atoms with Gasteiger partial charge in [0, 0.05) is 29.4 Å². The quantitative estimate of drug-likeness (QED) is 0.453. The average molecular weight is 554 g/mol. The predicted octanol–water partition coefficient (Wildman–Crippen LogP) is 5.28. The lowest BCUT2D eigenvalue weighted by atomic mass is 9.67. The van der Waals surface area contributed by atoms with Crippen LogP contribution in [-0.2, 0) is 19.4 Å². The van der Waals surface area contributed by atoms with Crippen molar-refractivity contribution in [3.63, 3.8) is 0 Å². The van der Waals surface area contributed by atoms with Gasteiger partial charge in [-0.05, 0) is 61.9 Å². The third-order valence-electron chi connectivity index (χ3n) is 7.34. The van der Waals surface area contributed by atoms with Crippen LogP contribution in [0.3, 0.4) is 0 Å². The number of sulfone groups is 1. The Balaban J connectivity index is 1.80. The summed E-state index contributed by atoms with van der Waals surface area (Å²) in [7, 11) is -3.22. The van der Waals surface area contributed by atoms with E-state index >= 15 is 0 Å². The lowest BCUT2D eigenvalue weighted by Crippen LogP contribution is -2.55. The standard InChI is InChI=1S/C26H30Cl2N2O5S/c1-16(9-10-36(34,35)21-7-8-21)30-24(17-3-5-19(27)6-4-17)22(18-11-20(28)15-29-14-18)12-26(2,25(30)33)13-23(31)32/h3-6,11,14-16,21-22,24H,7-10,12-13H2,1-2H3,(H,31,32). The Morgan fingerprint density at radius 1 is 1.17 bits per heavy atom. The van der Waals surface area contributed by atoms with Crippen LogP contribution in [0.4, 0.5) is 0 Å². The van der Waals surface area contributed by atoms with Crippen LogP contribution in [0.15, 0.2) is 42.7 Å². The molecule has 10 heteroatoms. The Kier molecular flexibility index (Phi) is 7.70. The summed E-state index contributed by atoms with van der Waals surface area (Å²) in [5.74, 6) is -1.70. The zero-order chi connectivity index (χ0) is 26.3. The van der Waals surface area contributed by atoms with Crippen molar-refractivity contribution in [2.45, 2.75) is 69.2 Å². The molecule has 194 valence electrons. The van der Waals surface area contributed by atoms with Crippen molar-refractivity contribution in [2.24, 2.45) is 5.41 Å². The SMILES string of the molecule is CC(CCS(=O)(=O)C1CC1)N1C(=O)C(C)(CC(=O)O)CC(c2cncc(Cl)c2)C1c1ccc(Cl)cc1. The summed E-state index contributed by atoms with van der Waals surface area (Å²) in [6.07, 6.45) is 4.79. The van der Waals surface area contributed by atoms with Crippen molar-refractivity contribution in [3.8, 4) is 0 Å². The van der Waals surface area contributed by atoms with Gasteiger partial charge < -0.3 is 10.0 Å². The van der Waals surface area contributed by atoms with E-state index < -0.39 is 33.3 Å². The van der Waals surface area contributed by atoms with E-state index in [1.54, 1.807) is 36.2 Å². The van der Waals surface area contributed by atoms with Gasteiger partial charge in [0.1, 0.15) is 0 Å². The predicted molar refractivity (Wildman–Crippen MR) is 139 cm³/mol. The van der Waals surface area contributed by atoms with Crippen molar-refractivity contribution in [3.05, 3.63) is 63.9 Å². The summed E-state index contributed by atoms with van der Waals surface area (Å²) in [5, 5.41) is 10.4. The number of piperidine rings is 1. The van der Waals surface area contributed by atoms with Crippen LogP contribution in [-0.4, -0.2) is 52.3 Å². The second kappa shape index (κ2) is 10.3. The summed E-state index contributed by atoms with van der Waals surface area (Å²) < 4.78 is 25.3. The first-order chi connectivity index (χ1) is 16.9. The average Bonchev–Trinajstić information content (AvgIpc) is 3.66. The number of carboxylic acids is 1. The highest BCUT2D eigenvalue weighted by Crippen LogP contribution is 2.52. The number of likely N-dealkylation sites (tertiary alicyclic amines) is 1. The fourth-order valence-electron chi connectivity index (χ4n) is 5.32. The maximum Gasteiger partial charge on any atom is 0.304 e. The number of hydrogen-bond donors (Lipinski definition) is 1. The molecule has 1 aromatic carbocycles. The fraction of sp³-hybridized carbons (Fsp3) is 0.500. The Morgan fingerprint density at radius 3 is 2.42 bits per heavy atom. The first-order valence-electron chi connectivity index (χ1n) is 12.0. The van der Waals surface area contributed by atoms with E-state index in [1.807, 2.05) is 19.1 Å². The number of carbonyl (C=O) groups excluding carboxylic acids is 1. The highest BCUT2D eigenvalue weighted by atomic mass is 35.5. The minimum atomic E-state index is -3.22. The van der Waals surface area contributed by atoms with Gasteiger partial charge in [0.15, 0.2) is 9.84 Å². The van der Waals surface area contributed by atoms with Gasteiger partial charge in [-0.15, -0.1) is 0 Å². The maximum atomic E-state index is 14.0. The highest BCUT2D eigenvalue weighted by molar-refractivity contribution is 7.92. The molecule has 2 heterocycles. The molecule has 1 aliphatic heterocycles. The van der Waals surface area contributed by atoms with Crippen molar-refractivity contribution in [1.82, 2.24) is 9.88 Å². The van der Waals surface area contributed by atoms with Crippen LogP contribution in [0, 0.1) is 5.41 Å². The van der Waals surface area contributed by atoms with Gasteiger partial charge in [-0.25, -0.2) is 8.42 Å². The summed E-state index contributed by atoms with van der Waals surface area (Å²) in [4.78, 5) is 31.8. The van der Waals surface area contributed by atoms with E-state index in [0.29, 0.717) is 22.9 Å². The van der Waals surface area contributed by atoms with Crippen molar-refractivity contribution in [2.75, 3.05) is 5.75 Å². The summed E-state index contributed by atoms with van der Waals surface area (Å²) in [6, 6.07) is 8.07. The van der Waals surface area contributed by atoms with Gasteiger partial charge in [0.05, 0.1) is 33.9 Å². The normalized spacial score (nSPS) is 25.6. The lowest BCUT2D eigenvalue weighted by molar-refractivity contribution is -0.160. The molecular weight excluding hydrogens is 523 g/mol. The summed E-state index contributed by atoms with van der Waals surface area (Å²) in [6.45, 7) is 3.51. The monoisotopic (exact) mass is 552 g/mol. The highest BCUT2D eigenvalue weighted by Gasteiger charge is 2.52. The molecule has 1 saturated carbocycles. The molecule has 1 saturated heterocycles. The number of halogens is 2. The van der Waals surface area contributed by atoms with Gasteiger partial charge in [0.25, 0.3) is 0 Å². The van der Waals surface area contributed by atoms with Gasteiger partial charge in [-0.3, -0.25) is 14.6 Å². The van der Waals surface area contributed by atoms with Gasteiger partial charge in [-0.2, -0.15) is 0 Å². The number of amides is 1. The smallest absolute Gasteiger partial charge is 0.304 e. The molecule has 1 aromatic heterocycles. The first-order valence-corrected chi connectivity index (χ1v) is 14.5. The van der Waals surface area contributed by atoms with Crippen LogP contribution in [0.5, 0.6) is 0 Å². The topological polar surface area (TPSA) is 105 Å². The molecule has 36 heavy (non-hydrogen) atoms. The summed E-state index contributed by atoms with van der Waals surface area (Å²) >= 11 is 12.4. The molecule has 4 atom stereocenters.